The Morgan fingerprint density at radius 2 is 1.53 bits per heavy atom. The second-order valence-electron chi connectivity index (χ2n) is 3.21. The highest BCUT2D eigenvalue weighted by atomic mass is 16.5. The SMILES string of the molecule is COc1cc(OC)cc(OC(C)CN)c1. The van der Waals surface area contributed by atoms with Gasteiger partial charge in [0.2, 0.25) is 0 Å². The second-order valence-corrected chi connectivity index (χ2v) is 3.21. The molecular weight excluding hydrogens is 194 g/mol. The van der Waals surface area contributed by atoms with Crippen molar-refractivity contribution in [3.05, 3.63) is 18.2 Å². The standard InChI is InChI=1S/C11H17NO3/c1-8(7-12)15-11-5-9(13-2)4-10(6-11)14-3/h4-6,8H,7,12H2,1-3H3. The Hall–Kier alpha value is -1.42. The zero-order valence-electron chi connectivity index (χ0n) is 9.32. The van der Waals surface area contributed by atoms with Crippen LogP contribution in [0.3, 0.4) is 0 Å². The third-order valence-electron chi connectivity index (χ3n) is 1.99. The minimum absolute atomic E-state index is 0.0261. The maximum absolute atomic E-state index is 5.56. The summed E-state index contributed by atoms with van der Waals surface area (Å²) in [6.07, 6.45) is -0.0261. The first-order valence-electron chi connectivity index (χ1n) is 4.79. The number of rotatable bonds is 5. The maximum Gasteiger partial charge on any atom is 0.127 e. The van der Waals surface area contributed by atoms with Crippen LogP contribution < -0.4 is 19.9 Å². The van der Waals surface area contributed by atoms with Crippen LogP contribution in [0, 0.1) is 0 Å². The van der Waals surface area contributed by atoms with Gasteiger partial charge in [-0.05, 0) is 6.92 Å². The molecule has 0 aliphatic heterocycles. The Bertz CT molecular complexity index is 292. The fraction of sp³-hybridized carbons (Fsp3) is 0.455. The summed E-state index contributed by atoms with van der Waals surface area (Å²) in [6, 6.07) is 5.39. The molecule has 1 aromatic rings. The molecule has 0 saturated carbocycles. The number of hydrogen-bond acceptors (Lipinski definition) is 4. The van der Waals surface area contributed by atoms with Crippen LogP contribution in [0.2, 0.25) is 0 Å². The predicted octanol–water partition coefficient (Wildman–Crippen LogP) is 1.43. The van der Waals surface area contributed by atoms with E-state index in [1.54, 1.807) is 32.4 Å². The summed E-state index contributed by atoms with van der Waals surface area (Å²) in [5, 5.41) is 0. The fourth-order valence-corrected chi connectivity index (χ4v) is 1.13. The second kappa shape index (κ2) is 5.46. The van der Waals surface area contributed by atoms with E-state index in [0.29, 0.717) is 23.8 Å². The first-order chi connectivity index (χ1) is 7.19. The number of nitrogens with two attached hydrogens (primary N) is 1. The molecule has 0 aromatic heterocycles. The fourth-order valence-electron chi connectivity index (χ4n) is 1.13. The van der Waals surface area contributed by atoms with Crippen LogP contribution in [0.1, 0.15) is 6.92 Å². The highest BCUT2D eigenvalue weighted by Gasteiger charge is 2.05. The van der Waals surface area contributed by atoms with Gasteiger partial charge in [0, 0.05) is 24.7 Å². The number of benzene rings is 1. The van der Waals surface area contributed by atoms with Crippen LogP contribution in [0.5, 0.6) is 17.2 Å². The van der Waals surface area contributed by atoms with E-state index in [0.717, 1.165) is 0 Å². The molecule has 0 fully saturated rings. The van der Waals surface area contributed by atoms with Crippen LogP contribution in [-0.4, -0.2) is 26.9 Å². The number of methoxy groups -OCH3 is 2. The molecule has 15 heavy (non-hydrogen) atoms. The molecule has 0 spiro atoms. The smallest absolute Gasteiger partial charge is 0.127 e. The minimum atomic E-state index is -0.0261. The summed E-state index contributed by atoms with van der Waals surface area (Å²) < 4.78 is 15.8. The van der Waals surface area contributed by atoms with E-state index in [-0.39, 0.29) is 6.10 Å². The largest absolute Gasteiger partial charge is 0.496 e. The summed E-state index contributed by atoms with van der Waals surface area (Å²) in [7, 11) is 3.20. The maximum atomic E-state index is 5.56. The topological polar surface area (TPSA) is 53.7 Å². The van der Waals surface area contributed by atoms with Crippen molar-refractivity contribution in [2.45, 2.75) is 13.0 Å². The average molecular weight is 211 g/mol. The van der Waals surface area contributed by atoms with Crippen LogP contribution >= 0.6 is 0 Å². The van der Waals surface area contributed by atoms with Crippen LogP contribution in [0.25, 0.3) is 0 Å². The van der Waals surface area contributed by atoms with Gasteiger partial charge in [0.25, 0.3) is 0 Å². The lowest BCUT2D eigenvalue weighted by atomic mass is 10.3. The van der Waals surface area contributed by atoms with Gasteiger partial charge >= 0.3 is 0 Å². The van der Waals surface area contributed by atoms with Gasteiger partial charge < -0.3 is 19.9 Å². The highest BCUT2D eigenvalue weighted by Crippen LogP contribution is 2.27. The third-order valence-corrected chi connectivity index (χ3v) is 1.99. The molecule has 2 N–H and O–H groups in total. The quantitative estimate of drug-likeness (QED) is 0.800. The van der Waals surface area contributed by atoms with Gasteiger partial charge in [0.1, 0.15) is 23.4 Å². The van der Waals surface area contributed by atoms with E-state index in [1.165, 1.54) is 0 Å². The summed E-state index contributed by atoms with van der Waals surface area (Å²) in [4.78, 5) is 0. The molecule has 1 unspecified atom stereocenters. The van der Waals surface area contributed by atoms with Crippen molar-refractivity contribution < 1.29 is 14.2 Å². The molecule has 1 rings (SSSR count). The molecule has 1 aromatic carbocycles. The summed E-state index contributed by atoms with van der Waals surface area (Å²) in [5.74, 6) is 2.10. The van der Waals surface area contributed by atoms with Crippen LogP contribution in [0.15, 0.2) is 18.2 Å². The average Bonchev–Trinajstić information content (AvgIpc) is 2.28. The van der Waals surface area contributed by atoms with Gasteiger partial charge in [-0.15, -0.1) is 0 Å². The molecule has 0 aliphatic rings. The van der Waals surface area contributed by atoms with Crippen molar-refractivity contribution in [3.63, 3.8) is 0 Å². The van der Waals surface area contributed by atoms with Crippen LogP contribution in [0.4, 0.5) is 0 Å². The van der Waals surface area contributed by atoms with Crippen molar-refractivity contribution in [2.75, 3.05) is 20.8 Å². The van der Waals surface area contributed by atoms with Crippen molar-refractivity contribution in [3.8, 4) is 17.2 Å². The summed E-state index contributed by atoms with van der Waals surface area (Å²) >= 11 is 0. The highest BCUT2D eigenvalue weighted by molar-refractivity contribution is 5.42. The molecule has 0 amide bonds. The molecule has 4 nitrogen and oxygen atoms in total. The monoisotopic (exact) mass is 211 g/mol. The Balaban J connectivity index is 2.86. The molecule has 0 aliphatic carbocycles. The van der Waals surface area contributed by atoms with Crippen molar-refractivity contribution >= 4 is 0 Å². The molecule has 0 heterocycles. The van der Waals surface area contributed by atoms with Gasteiger partial charge in [-0.1, -0.05) is 0 Å². The predicted molar refractivity (Wildman–Crippen MR) is 58.7 cm³/mol. The van der Waals surface area contributed by atoms with Crippen molar-refractivity contribution in [1.82, 2.24) is 0 Å². The van der Waals surface area contributed by atoms with E-state index >= 15 is 0 Å². The number of ether oxygens (including phenoxy) is 3. The molecular formula is C11H17NO3. The van der Waals surface area contributed by atoms with Gasteiger partial charge in [-0.2, -0.15) is 0 Å². The molecule has 0 bridgehead atoms. The zero-order valence-corrected chi connectivity index (χ0v) is 9.32. The van der Waals surface area contributed by atoms with Gasteiger partial charge in [-0.25, -0.2) is 0 Å². The third kappa shape index (κ3) is 3.32. The van der Waals surface area contributed by atoms with Gasteiger partial charge in [-0.3, -0.25) is 0 Å². The van der Waals surface area contributed by atoms with E-state index in [4.69, 9.17) is 19.9 Å². The van der Waals surface area contributed by atoms with E-state index in [2.05, 4.69) is 0 Å². The van der Waals surface area contributed by atoms with Gasteiger partial charge in [0.05, 0.1) is 14.2 Å². The lowest BCUT2D eigenvalue weighted by Gasteiger charge is -2.14. The lowest BCUT2D eigenvalue weighted by Crippen LogP contribution is -2.22. The lowest BCUT2D eigenvalue weighted by molar-refractivity contribution is 0.227. The first-order valence-corrected chi connectivity index (χ1v) is 4.79. The molecule has 4 heteroatoms. The molecule has 84 valence electrons. The molecule has 0 saturated heterocycles. The minimum Gasteiger partial charge on any atom is -0.496 e. The van der Waals surface area contributed by atoms with Gasteiger partial charge in [0.15, 0.2) is 0 Å². The van der Waals surface area contributed by atoms with E-state index in [1.807, 2.05) is 6.92 Å². The van der Waals surface area contributed by atoms with E-state index < -0.39 is 0 Å². The molecule has 1 atom stereocenters. The van der Waals surface area contributed by atoms with E-state index in [9.17, 15) is 0 Å². The molecule has 0 radical (unpaired) electrons. The Labute approximate surface area is 89.9 Å². The Morgan fingerprint density at radius 1 is 1.07 bits per heavy atom. The van der Waals surface area contributed by atoms with Crippen molar-refractivity contribution in [2.24, 2.45) is 5.73 Å². The Kier molecular flexibility index (Phi) is 4.24. The summed E-state index contributed by atoms with van der Waals surface area (Å²) in [6.45, 7) is 2.38. The number of hydrogen-bond donors (Lipinski definition) is 1. The van der Waals surface area contributed by atoms with Crippen molar-refractivity contribution in [1.29, 1.82) is 0 Å². The van der Waals surface area contributed by atoms with Crippen LogP contribution in [-0.2, 0) is 0 Å². The first kappa shape index (κ1) is 11.7. The Morgan fingerprint density at radius 3 is 1.93 bits per heavy atom. The normalized spacial score (nSPS) is 12.0. The summed E-state index contributed by atoms with van der Waals surface area (Å²) in [5.41, 5.74) is 5.47. The zero-order chi connectivity index (χ0) is 11.3.